The number of carboxylic acids is 3. The van der Waals surface area contributed by atoms with Crippen LogP contribution in [0.15, 0.2) is 177 Å². The van der Waals surface area contributed by atoms with Gasteiger partial charge in [0.1, 0.15) is 6.04 Å². The Kier molecular flexibility index (Phi) is 35.2. The number of aromatic nitrogens is 6. The predicted molar refractivity (Wildman–Crippen MR) is 568 cm³/mol. The van der Waals surface area contributed by atoms with Crippen LogP contribution >= 0.6 is 22.7 Å². The largest absolute Gasteiger partial charge is 0.481 e. The van der Waals surface area contributed by atoms with Crippen LogP contribution in [0.4, 0.5) is 0 Å². The first-order valence-corrected chi connectivity index (χ1v) is 55.0. The molecule has 0 bridgehead atoms. The first-order chi connectivity index (χ1) is 69.4. The zero-order valence-corrected chi connectivity index (χ0v) is 87.3. The Labute approximate surface area is 858 Å². The van der Waals surface area contributed by atoms with Crippen LogP contribution in [0.1, 0.15) is 301 Å². The first kappa shape index (κ1) is 105. The van der Waals surface area contributed by atoms with Gasteiger partial charge in [-0.2, -0.15) is 0 Å². The molecule has 3 aliphatic heterocycles. The van der Waals surface area contributed by atoms with Gasteiger partial charge in [0.15, 0.2) is 29.0 Å². The molecule has 9 aliphatic rings. The van der Waals surface area contributed by atoms with E-state index in [1.165, 1.54) is 153 Å². The molecule has 5 aromatic heterocycles. The Morgan fingerprint density at radius 2 is 0.729 bits per heavy atom. The summed E-state index contributed by atoms with van der Waals surface area (Å²) in [5, 5.41) is 30.8. The average molecular weight is 1980 g/mol. The van der Waals surface area contributed by atoms with E-state index in [0.29, 0.717) is 57.5 Å². The molecule has 22 nitrogen and oxygen atoms in total. The van der Waals surface area contributed by atoms with Gasteiger partial charge >= 0.3 is 17.9 Å². The molecule has 0 spiro atoms. The number of carboxylic acid groups (broad SMARTS) is 3. The molecule has 9 aromatic rings. The molecule has 3 unspecified atom stereocenters. The standard InChI is InChI=1S/C43H53N3O4.C39H47N3O4S.C38H46N4O4S/c1-5-28-6-10-30(11-7-28)31-14-16-32(17-15-31)36-24-44-40(45-25-36)34-12-8-29(9-13-34)22-35(41(48)46-26-37(27-46)42(49)50)23-39(47)33-18-20-38(21-19-33)43(2,3)4;1-4-33-13-14-35(47-33)34(43)20-30(37(44)42-23-32(24-42)38(45)46)19-25-5-7-29(8-6-25)36-40-21-31(22-41-36)27-11-9-26(10-12-27)28-15-17-39(2,3)18-16-28;1-3-24-5-9-26(10-6-24)27-13-15-28(16-14-27)30-20-39-35(40-21-30)29-11-7-25(8-12-29)19-33(37(44)42-22-31(23-42)38(45)46)41-36(43)34-18-17-32(4-2)47-34/h8-9,12-13,16,18-21,24-25,28,30-31,35,37H,5-7,10-11,14-15,17,22-23,26-27H2,1-4H3,(H,49,50);5-8,11,13-14,21-22,26,28,30,32H,4,9-10,12,15-20,23-24H2,1-3H3,(H,45,46);7-8,11-12,15,17-18,20-21,24,26-27,31,33H,3-6,9-10,13-14,16,19,22-23H2,1-2H3,(H,41,43)(H,45,46)/t28?,30?,31?,35-;26?,30-;24?,26?,27?,33-/m110/s1. The summed E-state index contributed by atoms with van der Waals surface area (Å²) in [6.07, 6.45) is 51.7. The summed E-state index contributed by atoms with van der Waals surface area (Å²) in [5.74, 6) is 2.42. The maximum atomic E-state index is 13.6. The van der Waals surface area contributed by atoms with E-state index >= 15 is 0 Å². The summed E-state index contributed by atoms with van der Waals surface area (Å²) < 4.78 is 0. The van der Waals surface area contributed by atoms with Gasteiger partial charge in [-0.3, -0.25) is 43.2 Å². The van der Waals surface area contributed by atoms with Crippen molar-refractivity contribution in [2.24, 2.45) is 82.3 Å². The van der Waals surface area contributed by atoms with Crippen molar-refractivity contribution in [1.29, 1.82) is 0 Å². The number of hydrogen-bond donors (Lipinski definition) is 4. The van der Waals surface area contributed by atoms with Crippen molar-refractivity contribution in [3.63, 3.8) is 0 Å². The number of ketones is 2. The second kappa shape index (κ2) is 48.1. The Balaban J connectivity index is 0.000000155. The van der Waals surface area contributed by atoms with Gasteiger partial charge in [-0.05, 0) is 256 Å². The summed E-state index contributed by atoms with van der Waals surface area (Å²) in [7, 11) is 0. The van der Waals surface area contributed by atoms with Gasteiger partial charge in [-0.25, -0.2) is 29.9 Å². The molecular formula is C120H146N10O12S2. The summed E-state index contributed by atoms with van der Waals surface area (Å²) in [6.45, 7) is 21.0. The van der Waals surface area contributed by atoms with E-state index < -0.39 is 53.5 Å². The van der Waals surface area contributed by atoms with Crippen molar-refractivity contribution >= 4 is 92.5 Å². The third kappa shape index (κ3) is 27.0. The Hall–Kier alpha value is -11.6. The van der Waals surface area contributed by atoms with E-state index in [-0.39, 0.29) is 92.7 Å². The van der Waals surface area contributed by atoms with Gasteiger partial charge in [0.2, 0.25) is 17.7 Å². The highest BCUT2D eigenvalue weighted by molar-refractivity contribution is 7.14. The first-order valence-electron chi connectivity index (χ1n) is 53.4. The smallest absolute Gasteiger partial charge is 0.310 e. The fraction of sp³-hybridized carbons (Fsp3) is 0.508. The van der Waals surface area contributed by atoms with Crippen molar-refractivity contribution in [2.45, 2.75) is 266 Å². The van der Waals surface area contributed by atoms with Gasteiger partial charge in [-0.1, -0.05) is 216 Å². The fourth-order valence-electron chi connectivity index (χ4n) is 23.1. The molecule has 4 N–H and O–H groups in total. The zero-order valence-electron chi connectivity index (χ0n) is 85.6. The molecule has 4 aromatic carbocycles. The minimum atomic E-state index is -0.907. The maximum absolute atomic E-state index is 13.6. The van der Waals surface area contributed by atoms with Crippen molar-refractivity contribution in [3.8, 4) is 34.2 Å². The van der Waals surface area contributed by atoms with Crippen LogP contribution in [0, 0.1) is 82.3 Å². The number of benzene rings is 4. The number of aryl methyl sites for hydroxylation is 2. The van der Waals surface area contributed by atoms with Gasteiger partial charge in [0, 0.05) is 156 Å². The molecule has 24 heteroatoms. The summed E-state index contributed by atoms with van der Waals surface area (Å²) in [5.41, 5.74) is 15.0. The van der Waals surface area contributed by atoms with Crippen molar-refractivity contribution in [1.82, 2.24) is 49.9 Å². The topological polar surface area (TPSA) is 313 Å². The monoisotopic (exact) mass is 1980 g/mol. The van der Waals surface area contributed by atoms with E-state index in [1.54, 1.807) is 15.9 Å². The normalized spacial score (nSPS) is 21.6. The van der Waals surface area contributed by atoms with Crippen LogP contribution in [0.5, 0.6) is 0 Å². The number of likely N-dealkylation sites (tertiary alicyclic amines) is 3. The molecule has 8 heterocycles. The molecule has 6 fully saturated rings. The van der Waals surface area contributed by atoms with Crippen molar-refractivity contribution < 1.29 is 58.5 Å². The second-order valence-corrected chi connectivity index (χ2v) is 46.7. The minimum absolute atomic E-state index is 0.0265. The van der Waals surface area contributed by atoms with Gasteiger partial charge in [0.25, 0.3) is 5.91 Å². The fourth-order valence-corrected chi connectivity index (χ4v) is 24.8. The highest BCUT2D eigenvalue weighted by atomic mass is 32.1. The lowest BCUT2D eigenvalue weighted by molar-refractivity contribution is -0.156. The van der Waals surface area contributed by atoms with Gasteiger partial charge in [-0.15, -0.1) is 22.7 Å². The summed E-state index contributed by atoms with van der Waals surface area (Å²) in [4.78, 5) is 151. The quantitative estimate of drug-likeness (QED) is 0.0278. The maximum Gasteiger partial charge on any atom is 0.310 e. The third-order valence-electron chi connectivity index (χ3n) is 33.2. The van der Waals surface area contributed by atoms with Crippen molar-refractivity contribution in [2.75, 3.05) is 39.3 Å². The number of hydrogen-bond acceptors (Lipinski definition) is 17. The third-order valence-corrected chi connectivity index (χ3v) is 35.7. The number of Topliss-reactive ketones (excluding diaryl/α,β-unsaturated/α-hetero) is 2. The molecule has 3 saturated heterocycles. The molecule has 144 heavy (non-hydrogen) atoms. The molecule has 18 rings (SSSR count). The number of rotatable bonds is 33. The summed E-state index contributed by atoms with van der Waals surface area (Å²) >= 11 is 2.90. The number of amides is 4. The zero-order chi connectivity index (χ0) is 101. The van der Waals surface area contributed by atoms with Crippen LogP contribution in [0.3, 0.4) is 0 Å². The molecule has 760 valence electrons. The molecular weight excluding hydrogens is 1840 g/mol. The second-order valence-electron chi connectivity index (χ2n) is 44.3. The van der Waals surface area contributed by atoms with E-state index in [2.05, 4.69) is 78.9 Å². The van der Waals surface area contributed by atoms with Crippen LogP contribution in [0.2, 0.25) is 0 Å². The van der Waals surface area contributed by atoms with Crippen LogP contribution in [-0.2, 0) is 66.3 Å². The van der Waals surface area contributed by atoms with Crippen LogP contribution in [-0.4, -0.2) is 158 Å². The number of carbonyl (C=O) groups is 9. The van der Waals surface area contributed by atoms with E-state index in [0.717, 1.165) is 164 Å². The van der Waals surface area contributed by atoms with E-state index in [4.69, 9.17) is 29.9 Å². The highest BCUT2D eigenvalue weighted by Gasteiger charge is 2.44. The number of thiophene rings is 2. The number of allylic oxidation sites excluding steroid dienone is 6. The lowest BCUT2D eigenvalue weighted by atomic mass is 9.67. The molecule has 0 radical (unpaired) electrons. The number of carbonyl (C=O) groups excluding carboxylic acids is 6. The Morgan fingerprint density at radius 3 is 1.06 bits per heavy atom. The lowest BCUT2D eigenvalue weighted by Crippen LogP contribution is -2.59. The molecule has 6 aliphatic carbocycles. The van der Waals surface area contributed by atoms with Crippen LogP contribution < -0.4 is 5.32 Å². The number of nitrogens with one attached hydrogen (secondary N) is 1. The highest BCUT2D eigenvalue weighted by Crippen LogP contribution is 2.48. The lowest BCUT2D eigenvalue weighted by Gasteiger charge is -2.39. The Morgan fingerprint density at radius 1 is 0.389 bits per heavy atom. The average Bonchev–Trinajstić information content (AvgIpc) is 1.04. The molecule has 4 amide bonds. The SMILES string of the molecule is CCC1CCC(C2CC=C(c3cnc(-c4ccc(C[C@H](CC(=O)c5ccc(C(C)(C)C)cc5)C(=O)N5CC(C(=O)O)C5)cc4)nc3)CC2)CC1.CCc1ccc(C(=O)C[C@@H](Cc2ccc(-c3ncc(C4=CCC(C5CCC(C)(C)CC5)CC4)cn3)cc2)C(=O)N2CC(C(=O)O)C2)s1.CCc1ccc(C(=O)N[C@@H](Cc2ccc(-c3ncc(C4=CCC(C5CCC(CC)CC5)CC4)cn3)cc2)C(=O)N2CC(C(=O)O)C2)s1. The number of aliphatic carboxylic acids is 3. The summed E-state index contributed by atoms with van der Waals surface area (Å²) in [6, 6.07) is 37.9. The molecule has 3 saturated carbocycles. The van der Waals surface area contributed by atoms with E-state index in [1.807, 2.05) is 159 Å². The molecule has 6 atom stereocenters. The van der Waals surface area contributed by atoms with Crippen molar-refractivity contribution in [3.05, 3.63) is 241 Å². The predicted octanol–water partition coefficient (Wildman–Crippen LogP) is 24.0. The minimum Gasteiger partial charge on any atom is -0.481 e. The number of nitrogens with zero attached hydrogens (tertiary/aromatic N) is 9. The van der Waals surface area contributed by atoms with E-state index in [9.17, 15) is 58.5 Å². The van der Waals surface area contributed by atoms with Crippen LogP contribution in [0.25, 0.3) is 50.9 Å². The van der Waals surface area contributed by atoms with Gasteiger partial charge < -0.3 is 35.3 Å². The Bertz CT molecular complexity index is 6040. The van der Waals surface area contributed by atoms with Gasteiger partial charge in [0.05, 0.1) is 27.5 Å².